The molecule has 0 unspecified atom stereocenters. The maximum Gasteiger partial charge on any atom is 0.255 e. The van der Waals surface area contributed by atoms with E-state index < -0.39 is 0 Å². The molecule has 1 saturated heterocycles. The molecule has 2 N–H and O–H groups in total. The summed E-state index contributed by atoms with van der Waals surface area (Å²) in [6, 6.07) is 3.74. The minimum Gasteiger partial charge on any atom is -0.392 e. The average molecular weight is 292 g/mol. The molecule has 5 nitrogen and oxygen atoms in total. The molecule has 0 atom stereocenters. The van der Waals surface area contributed by atoms with Gasteiger partial charge in [-0.25, -0.2) is 0 Å². The third-order valence-corrected chi connectivity index (χ3v) is 3.62. The highest BCUT2D eigenvalue weighted by Crippen LogP contribution is 2.12. The average Bonchev–Trinajstić information content (AvgIpc) is 2.38. The summed E-state index contributed by atoms with van der Waals surface area (Å²) in [7, 11) is 0. The third kappa shape index (κ3) is 3.52. The van der Waals surface area contributed by atoms with Gasteiger partial charge in [0.25, 0.3) is 5.91 Å². The normalized spacial score (nSPS) is 16.2. The quantitative estimate of drug-likeness (QED) is 0.833. The van der Waals surface area contributed by atoms with E-state index >= 15 is 0 Å². The van der Waals surface area contributed by atoms with E-state index in [1.807, 2.05) is 30.9 Å². The maximum absolute atomic E-state index is 12.5. The van der Waals surface area contributed by atoms with Gasteiger partial charge in [-0.05, 0) is 26.0 Å². The number of amides is 1. The molecule has 1 amide bonds. The van der Waals surface area contributed by atoms with Gasteiger partial charge in [0.1, 0.15) is 0 Å². The Morgan fingerprint density at radius 3 is 2.50 bits per heavy atom. The lowest BCUT2D eigenvalue weighted by Gasteiger charge is -2.34. The second-order valence-electron chi connectivity index (χ2n) is 5.12. The Labute approximate surface area is 124 Å². The molecule has 0 bridgehead atoms. The Morgan fingerprint density at radius 2 is 1.95 bits per heavy atom. The molecule has 2 heterocycles. The van der Waals surface area contributed by atoms with Crippen molar-refractivity contribution in [3.8, 4) is 0 Å². The van der Waals surface area contributed by atoms with Gasteiger partial charge in [0.05, 0.1) is 16.2 Å². The maximum atomic E-state index is 12.5. The lowest BCUT2D eigenvalue weighted by Crippen LogP contribution is -2.50. The second kappa shape index (κ2) is 6.28. The fourth-order valence-electron chi connectivity index (χ4n) is 2.41. The van der Waals surface area contributed by atoms with Crippen molar-refractivity contribution in [3.63, 3.8) is 0 Å². The predicted molar refractivity (Wildman–Crippen MR) is 82.8 cm³/mol. The van der Waals surface area contributed by atoms with E-state index in [1.165, 1.54) is 0 Å². The number of rotatable bonds is 3. The zero-order valence-corrected chi connectivity index (χ0v) is 12.7. The molecule has 0 aliphatic carbocycles. The molecule has 20 heavy (non-hydrogen) atoms. The SMILES string of the molecule is Cc1ccc(C(=O)N2CCN(CC(N)=S)CC2)c(C)n1. The van der Waals surface area contributed by atoms with Gasteiger partial charge in [-0.15, -0.1) is 0 Å². The van der Waals surface area contributed by atoms with Crippen LogP contribution in [0.2, 0.25) is 0 Å². The zero-order valence-electron chi connectivity index (χ0n) is 11.9. The van der Waals surface area contributed by atoms with Crippen molar-refractivity contribution in [3.05, 3.63) is 29.1 Å². The number of carbonyl (C=O) groups excluding carboxylic acids is 1. The standard InChI is InChI=1S/C14H20N4OS/c1-10-3-4-12(11(2)16-10)14(19)18-7-5-17(6-8-18)9-13(15)20/h3-4H,5-9H2,1-2H3,(H2,15,20). The van der Waals surface area contributed by atoms with Crippen LogP contribution in [0, 0.1) is 13.8 Å². The number of piperazine rings is 1. The van der Waals surface area contributed by atoms with E-state index in [2.05, 4.69) is 9.88 Å². The molecule has 0 spiro atoms. The van der Waals surface area contributed by atoms with Crippen LogP contribution in [0.15, 0.2) is 12.1 Å². The van der Waals surface area contributed by atoms with Crippen LogP contribution in [0.25, 0.3) is 0 Å². The summed E-state index contributed by atoms with van der Waals surface area (Å²) in [6.45, 7) is 7.45. The molecule has 6 heteroatoms. The van der Waals surface area contributed by atoms with Crippen molar-refractivity contribution in [1.29, 1.82) is 0 Å². The van der Waals surface area contributed by atoms with E-state index in [0.717, 1.165) is 24.5 Å². The highest BCUT2D eigenvalue weighted by atomic mass is 32.1. The topological polar surface area (TPSA) is 62.5 Å². The van der Waals surface area contributed by atoms with E-state index in [1.54, 1.807) is 0 Å². The first-order valence-corrected chi connectivity index (χ1v) is 7.12. The van der Waals surface area contributed by atoms with Gasteiger partial charge in [-0.1, -0.05) is 12.2 Å². The predicted octanol–water partition coefficient (Wildman–Crippen LogP) is 0.742. The number of aromatic nitrogens is 1. The smallest absolute Gasteiger partial charge is 0.255 e. The van der Waals surface area contributed by atoms with Crippen LogP contribution in [-0.4, -0.2) is 58.4 Å². The first-order valence-electron chi connectivity index (χ1n) is 6.71. The fraction of sp³-hybridized carbons (Fsp3) is 0.500. The Balaban J connectivity index is 1.99. The molecule has 0 saturated carbocycles. The minimum absolute atomic E-state index is 0.0602. The summed E-state index contributed by atoms with van der Waals surface area (Å²) in [4.78, 5) is 21.4. The molecule has 0 radical (unpaired) electrons. The van der Waals surface area contributed by atoms with Crippen LogP contribution in [0.3, 0.4) is 0 Å². The first kappa shape index (κ1) is 14.9. The number of carbonyl (C=O) groups is 1. The molecule has 1 aliphatic heterocycles. The van der Waals surface area contributed by atoms with Gasteiger partial charge >= 0.3 is 0 Å². The van der Waals surface area contributed by atoms with Gasteiger partial charge in [0.15, 0.2) is 0 Å². The molecular weight excluding hydrogens is 272 g/mol. The van der Waals surface area contributed by atoms with Crippen LogP contribution in [0.5, 0.6) is 0 Å². The minimum atomic E-state index is 0.0602. The largest absolute Gasteiger partial charge is 0.392 e. The number of hydrogen-bond donors (Lipinski definition) is 1. The monoisotopic (exact) mass is 292 g/mol. The van der Waals surface area contributed by atoms with Gasteiger partial charge < -0.3 is 10.6 Å². The van der Waals surface area contributed by atoms with Crippen LogP contribution < -0.4 is 5.73 Å². The van der Waals surface area contributed by atoms with E-state index in [0.29, 0.717) is 30.2 Å². The lowest BCUT2D eigenvalue weighted by atomic mass is 10.1. The van der Waals surface area contributed by atoms with Gasteiger partial charge in [-0.2, -0.15) is 0 Å². The summed E-state index contributed by atoms with van der Waals surface area (Å²) >= 11 is 4.91. The van der Waals surface area contributed by atoms with E-state index in [9.17, 15) is 4.79 Å². The van der Waals surface area contributed by atoms with Crippen molar-refractivity contribution >= 4 is 23.1 Å². The number of nitrogens with two attached hydrogens (primary N) is 1. The summed E-state index contributed by atoms with van der Waals surface area (Å²) in [6.07, 6.45) is 0. The summed E-state index contributed by atoms with van der Waals surface area (Å²) < 4.78 is 0. The first-order chi connectivity index (χ1) is 9.47. The summed E-state index contributed by atoms with van der Waals surface area (Å²) in [5.41, 5.74) is 7.96. The number of hydrogen-bond acceptors (Lipinski definition) is 4. The highest BCUT2D eigenvalue weighted by molar-refractivity contribution is 7.80. The molecule has 1 aliphatic rings. The van der Waals surface area contributed by atoms with Crippen LogP contribution >= 0.6 is 12.2 Å². The fourth-order valence-corrected chi connectivity index (χ4v) is 2.59. The Hall–Kier alpha value is -1.53. The summed E-state index contributed by atoms with van der Waals surface area (Å²) in [5, 5.41) is 0. The molecular formula is C14H20N4OS. The zero-order chi connectivity index (χ0) is 14.7. The van der Waals surface area contributed by atoms with Crippen LogP contribution in [-0.2, 0) is 0 Å². The Morgan fingerprint density at radius 1 is 1.30 bits per heavy atom. The molecule has 1 fully saturated rings. The number of nitrogens with zero attached hydrogens (tertiary/aromatic N) is 3. The number of pyridine rings is 1. The highest BCUT2D eigenvalue weighted by Gasteiger charge is 2.23. The van der Waals surface area contributed by atoms with E-state index in [4.69, 9.17) is 18.0 Å². The van der Waals surface area contributed by atoms with Crippen LogP contribution in [0.1, 0.15) is 21.7 Å². The van der Waals surface area contributed by atoms with Crippen molar-refractivity contribution in [2.24, 2.45) is 5.73 Å². The molecule has 0 aromatic carbocycles. The van der Waals surface area contributed by atoms with Crippen molar-refractivity contribution < 1.29 is 4.79 Å². The van der Waals surface area contributed by atoms with Crippen molar-refractivity contribution in [1.82, 2.24) is 14.8 Å². The Bertz CT molecular complexity index is 524. The van der Waals surface area contributed by atoms with Gasteiger partial charge in [-0.3, -0.25) is 14.7 Å². The van der Waals surface area contributed by atoms with Crippen molar-refractivity contribution in [2.75, 3.05) is 32.7 Å². The molecule has 1 aromatic heterocycles. The molecule has 2 rings (SSSR count). The third-order valence-electron chi connectivity index (χ3n) is 3.49. The van der Waals surface area contributed by atoms with Crippen LogP contribution in [0.4, 0.5) is 0 Å². The van der Waals surface area contributed by atoms with E-state index in [-0.39, 0.29) is 5.91 Å². The Kier molecular flexibility index (Phi) is 4.67. The summed E-state index contributed by atoms with van der Waals surface area (Å²) in [5.74, 6) is 0.0602. The second-order valence-corrected chi connectivity index (χ2v) is 5.64. The van der Waals surface area contributed by atoms with Gasteiger partial charge in [0.2, 0.25) is 0 Å². The molecule has 1 aromatic rings. The lowest BCUT2D eigenvalue weighted by molar-refractivity contribution is 0.0653. The van der Waals surface area contributed by atoms with Crippen molar-refractivity contribution in [2.45, 2.75) is 13.8 Å². The number of aryl methyl sites for hydroxylation is 2. The molecule has 108 valence electrons. The van der Waals surface area contributed by atoms with Gasteiger partial charge in [0, 0.05) is 38.4 Å². The number of thiocarbonyl (C=S) groups is 1.